The molecule has 1 aliphatic heterocycles. The first kappa shape index (κ1) is 17.9. The van der Waals surface area contributed by atoms with Gasteiger partial charge in [-0.25, -0.2) is 0 Å². The molecule has 1 saturated heterocycles. The predicted octanol–water partition coefficient (Wildman–Crippen LogP) is 2.99. The second-order valence-corrected chi connectivity index (χ2v) is 12.5. The summed E-state index contributed by atoms with van der Waals surface area (Å²) in [6, 6.07) is 3.12. The molecular weight excluding hydrogens is 286 g/mol. The minimum absolute atomic E-state index is 0.209. The summed E-state index contributed by atoms with van der Waals surface area (Å²) in [7, 11) is -3.06. The van der Waals surface area contributed by atoms with Crippen LogP contribution in [0.4, 0.5) is 0 Å². The van der Waals surface area contributed by atoms with Gasteiger partial charge in [0.15, 0.2) is 0 Å². The molecule has 1 aliphatic rings. The van der Waals surface area contributed by atoms with Crippen LogP contribution in [0.1, 0.15) is 32.6 Å². The van der Waals surface area contributed by atoms with Crippen LogP contribution in [-0.4, -0.2) is 42.4 Å². The molecule has 1 heterocycles. The van der Waals surface area contributed by atoms with Crippen molar-refractivity contribution in [3.8, 4) is 6.07 Å². The van der Waals surface area contributed by atoms with Crippen LogP contribution in [0.15, 0.2) is 0 Å². The highest BCUT2D eigenvalue weighted by atomic mass is 28.4. The Hall–Kier alpha value is -0.196. The second-order valence-electron chi connectivity index (χ2n) is 6.02. The Balaban J connectivity index is 2.64. The number of hydrogen-bond acceptors (Lipinski definition) is 4. The van der Waals surface area contributed by atoms with Gasteiger partial charge >= 0.3 is 8.56 Å². The van der Waals surface area contributed by atoms with E-state index in [9.17, 15) is 0 Å². The molecule has 20 heavy (non-hydrogen) atoms. The smallest absolute Gasteiger partial charge is 0.335 e. The summed E-state index contributed by atoms with van der Waals surface area (Å²) in [6.07, 6.45) is 3.88. The van der Waals surface area contributed by atoms with E-state index in [1.807, 2.05) is 0 Å². The van der Waals surface area contributed by atoms with Crippen molar-refractivity contribution >= 4 is 17.4 Å². The Morgan fingerprint density at radius 1 is 1.45 bits per heavy atom. The van der Waals surface area contributed by atoms with Gasteiger partial charge in [0.25, 0.3) is 0 Å². The van der Waals surface area contributed by atoms with Crippen LogP contribution < -0.4 is 0 Å². The quantitative estimate of drug-likeness (QED) is 0.510. The first-order valence-corrected chi connectivity index (χ1v) is 13.3. The van der Waals surface area contributed by atoms with Gasteiger partial charge in [-0.05, 0) is 25.4 Å². The zero-order chi connectivity index (χ0) is 15.0. The van der Waals surface area contributed by atoms with Gasteiger partial charge in [-0.2, -0.15) is 5.26 Å². The van der Waals surface area contributed by atoms with Crippen LogP contribution in [0.25, 0.3) is 0 Å². The monoisotopic (exact) mass is 315 g/mol. The average Bonchev–Trinajstić information content (AvgIpc) is 2.39. The van der Waals surface area contributed by atoms with E-state index in [1.54, 1.807) is 0 Å². The Labute approximate surface area is 126 Å². The molecule has 0 bridgehead atoms. The van der Waals surface area contributed by atoms with E-state index in [2.05, 4.69) is 32.6 Å². The minimum Gasteiger partial charge on any atom is -0.393 e. The van der Waals surface area contributed by atoms with E-state index in [1.165, 1.54) is 0 Å². The van der Waals surface area contributed by atoms with Crippen molar-refractivity contribution in [3.05, 3.63) is 0 Å². The van der Waals surface area contributed by atoms with Gasteiger partial charge in [-0.3, -0.25) is 0 Å². The maximum Gasteiger partial charge on any atom is 0.335 e. The highest BCUT2D eigenvalue weighted by Crippen LogP contribution is 2.26. The lowest BCUT2D eigenvalue weighted by Crippen LogP contribution is -2.51. The number of nitrogens with zero attached hydrogens (tertiary/aromatic N) is 1. The minimum atomic E-state index is -2.17. The van der Waals surface area contributed by atoms with Crippen molar-refractivity contribution < 1.29 is 13.6 Å². The van der Waals surface area contributed by atoms with E-state index in [0.717, 1.165) is 31.9 Å². The fraction of sp³-hybridized carbons (Fsp3) is 0.929. The van der Waals surface area contributed by atoms with Crippen LogP contribution in [-0.2, 0) is 13.6 Å². The van der Waals surface area contributed by atoms with Crippen LogP contribution in [0.5, 0.6) is 0 Å². The molecule has 3 atom stereocenters. The zero-order valence-electron chi connectivity index (χ0n) is 13.4. The van der Waals surface area contributed by atoms with Crippen molar-refractivity contribution in [1.82, 2.24) is 0 Å². The van der Waals surface area contributed by atoms with Crippen molar-refractivity contribution in [2.24, 2.45) is 0 Å². The largest absolute Gasteiger partial charge is 0.393 e. The molecule has 0 aromatic carbocycles. The number of hydrogen-bond donors (Lipinski definition) is 0. The van der Waals surface area contributed by atoms with Crippen molar-refractivity contribution in [1.29, 1.82) is 5.26 Å². The summed E-state index contributed by atoms with van der Waals surface area (Å²) in [5, 5.41) is 8.66. The van der Waals surface area contributed by atoms with Gasteiger partial charge in [0.1, 0.15) is 0 Å². The molecular formula is C14H29NO3Si2. The molecule has 1 rings (SSSR count). The third kappa shape index (κ3) is 5.66. The van der Waals surface area contributed by atoms with Crippen molar-refractivity contribution in [3.63, 3.8) is 0 Å². The van der Waals surface area contributed by atoms with Crippen LogP contribution in [0.2, 0.25) is 25.7 Å². The van der Waals surface area contributed by atoms with E-state index in [4.69, 9.17) is 18.9 Å². The van der Waals surface area contributed by atoms with Gasteiger partial charge in [-0.1, -0.05) is 26.4 Å². The molecule has 116 valence electrons. The fourth-order valence-corrected chi connectivity index (χ4v) is 7.25. The van der Waals surface area contributed by atoms with E-state index >= 15 is 0 Å². The molecule has 3 unspecified atom stereocenters. The van der Waals surface area contributed by atoms with Crippen LogP contribution in [0.3, 0.4) is 0 Å². The van der Waals surface area contributed by atoms with Crippen molar-refractivity contribution in [2.45, 2.75) is 70.1 Å². The lowest BCUT2D eigenvalue weighted by Gasteiger charge is -2.39. The number of ether oxygens (including phenoxy) is 1. The summed E-state index contributed by atoms with van der Waals surface area (Å²) in [4.78, 5) is 0. The summed E-state index contributed by atoms with van der Waals surface area (Å²) in [5.74, 6) is 0. The van der Waals surface area contributed by atoms with Gasteiger partial charge in [0, 0.05) is 13.2 Å². The molecule has 0 aliphatic carbocycles. The molecule has 1 fully saturated rings. The van der Waals surface area contributed by atoms with Gasteiger partial charge in [-0.15, -0.1) is 0 Å². The third-order valence-corrected chi connectivity index (χ3v) is 8.65. The van der Waals surface area contributed by atoms with Gasteiger partial charge < -0.3 is 13.6 Å². The van der Waals surface area contributed by atoms with E-state index in [-0.39, 0.29) is 6.10 Å². The fourth-order valence-electron chi connectivity index (χ4n) is 2.78. The van der Waals surface area contributed by atoms with Crippen molar-refractivity contribution in [2.75, 3.05) is 13.2 Å². The van der Waals surface area contributed by atoms with Gasteiger partial charge in [0.05, 0.1) is 33.1 Å². The Morgan fingerprint density at radius 2 is 2.20 bits per heavy atom. The summed E-state index contributed by atoms with van der Waals surface area (Å²) in [5.41, 5.74) is 0.312. The molecule has 0 radical (unpaired) electrons. The number of nitriles is 1. The number of rotatable bonds is 8. The van der Waals surface area contributed by atoms with Gasteiger partial charge in [0.2, 0.25) is 0 Å². The molecule has 4 nitrogen and oxygen atoms in total. The summed E-state index contributed by atoms with van der Waals surface area (Å²) >= 11 is 0. The van der Waals surface area contributed by atoms with Crippen LogP contribution >= 0.6 is 0 Å². The first-order chi connectivity index (χ1) is 9.52. The average molecular weight is 316 g/mol. The summed E-state index contributed by atoms with van der Waals surface area (Å²) in [6.45, 7) is 10.3. The Kier molecular flexibility index (Phi) is 7.99. The second kappa shape index (κ2) is 8.95. The van der Waals surface area contributed by atoms with E-state index in [0.29, 0.717) is 18.8 Å². The topological polar surface area (TPSA) is 51.5 Å². The lowest BCUT2D eigenvalue weighted by molar-refractivity contribution is -0.0381. The predicted molar refractivity (Wildman–Crippen MR) is 85.6 cm³/mol. The molecule has 0 aromatic rings. The van der Waals surface area contributed by atoms with Crippen LogP contribution in [0, 0.1) is 11.3 Å². The molecule has 6 heteroatoms. The maximum absolute atomic E-state index is 8.66. The first-order valence-electron chi connectivity index (χ1n) is 7.82. The van der Waals surface area contributed by atoms with E-state index < -0.39 is 17.4 Å². The highest BCUT2D eigenvalue weighted by molar-refractivity contribution is 6.66. The maximum atomic E-state index is 8.66. The normalized spacial score (nSPS) is 26.2. The Morgan fingerprint density at radius 3 is 2.80 bits per heavy atom. The highest BCUT2D eigenvalue weighted by Gasteiger charge is 2.39. The molecule has 0 spiro atoms. The summed E-state index contributed by atoms with van der Waals surface area (Å²) < 4.78 is 18.4. The standard InChI is InChI=1S/C14H29NO3Si2/c1-5-12-20(4,17-11-7-9-15)18-13-8-6-10-16-14(13)19(2)3/h13-14,19H,5-8,10-12H2,1-4H3. The molecule has 0 saturated carbocycles. The third-order valence-electron chi connectivity index (χ3n) is 3.69. The SMILES string of the molecule is CCC[Si](C)(OCCC#N)OC1CCCOC1[SiH](C)C. The molecule has 0 amide bonds. The molecule has 0 aromatic heterocycles. The lowest BCUT2D eigenvalue weighted by atomic mass is 10.2. The Bertz CT molecular complexity index is 322. The molecule has 0 N–H and O–H groups in total. The zero-order valence-corrected chi connectivity index (χ0v) is 15.5.